The predicted molar refractivity (Wildman–Crippen MR) is 101 cm³/mol. The van der Waals surface area contributed by atoms with Crippen LogP contribution in [0.4, 0.5) is 17.1 Å². The molecular formula is C18H18ClN3O4. The summed E-state index contributed by atoms with van der Waals surface area (Å²) in [6.45, 7) is 3.91. The summed E-state index contributed by atoms with van der Waals surface area (Å²) in [5.74, 6) is -1.77. The van der Waals surface area contributed by atoms with Crippen molar-refractivity contribution >= 4 is 40.5 Å². The lowest BCUT2D eigenvalue weighted by molar-refractivity contribution is -0.384. The summed E-state index contributed by atoms with van der Waals surface area (Å²) in [6, 6.07) is 9.45. The SMILES string of the molecule is CCc1cccc(CC)c1NC(=O)C(=O)Nc1ccc(Cl)c([N+](=O)[O-])c1. The van der Waals surface area contributed by atoms with Gasteiger partial charge in [0.15, 0.2) is 0 Å². The molecule has 2 aromatic carbocycles. The van der Waals surface area contributed by atoms with E-state index < -0.39 is 16.7 Å². The highest BCUT2D eigenvalue weighted by molar-refractivity contribution is 6.44. The summed E-state index contributed by atoms with van der Waals surface area (Å²) in [5, 5.41) is 15.8. The molecule has 0 aliphatic rings. The monoisotopic (exact) mass is 375 g/mol. The molecule has 2 N–H and O–H groups in total. The molecule has 2 rings (SSSR count). The maximum atomic E-state index is 12.3. The van der Waals surface area contributed by atoms with Crippen molar-refractivity contribution in [2.45, 2.75) is 26.7 Å². The van der Waals surface area contributed by atoms with Crippen molar-refractivity contribution < 1.29 is 14.5 Å². The second kappa shape index (κ2) is 8.44. The topological polar surface area (TPSA) is 101 Å². The number of halogens is 1. The van der Waals surface area contributed by atoms with Gasteiger partial charge in [0.2, 0.25) is 0 Å². The molecule has 7 nitrogen and oxygen atoms in total. The number of nitro benzene ring substituents is 1. The van der Waals surface area contributed by atoms with E-state index in [4.69, 9.17) is 11.6 Å². The zero-order chi connectivity index (χ0) is 19.3. The Morgan fingerprint density at radius 2 is 1.62 bits per heavy atom. The Hall–Kier alpha value is -2.93. The zero-order valence-corrected chi connectivity index (χ0v) is 15.1. The second-order valence-corrected chi connectivity index (χ2v) is 5.90. The molecule has 8 heteroatoms. The molecule has 0 unspecified atom stereocenters. The molecular weight excluding hydrogens is 358 g/mol. The summed E-state index contributed by atoms with van der Waals surface area (Å²) in [4.78, 5) is 34.7. The van der Waals surface area contributed by atoms with E-state index in [1.165, 1.54) is 12.1 Å². The minimum Gasteiger partial charge on any atom is -0.318 e. The van der Waals surface area contributed by atoms with Crippen LogP contribution in [-0.2, 0) is 22.4 Å². The first-order valence-electron chi connectivity index (χ1n) is 8.04. The lowest BCUT2D eigenvalue weighted by Crippen LogP contribution is -2.30. The Kier molecular flexibility index (Phi) is 6.30. The Labute approximate surface area is 155 Å². The fraction of sp³-hybridized carbons (Fsp3) is 0.222. The summed E-state index contributed by atoms with van der Waals surface area (Å²) in [5.41, 5.74) is 2.23. The molecule has 0 saturated heterocycles. The molecule has 0 fully saturated rings. The number of aryl methyl sites for hydroxylation is 2. The van der Waals surface area contributed by atoms with E-state index in [-0.39, 0.29) is 16.4 Å². The minimum absolute atomic E-state index is 0.0538. The number of carbonyl (C=O) groups is 2. The van der Waals surface area contributed by atoms with Gasteiger partial charge in [0, 0.05) is 17.4 Å². The smallest absolute Gasteiger partial charge is 0.314 e. The molecule has 0 heterocycles. The number of nitrogens with zero attached hydrogens (tertiary/aromatic N) is 1. The van der Waals surface area contributed by atoms with Gasteiger partial charge in [0.25, 0.3) is 5.69 Å². The van der Waals surface area contributed by atoms with E-state index in [0.717, 1.165) is 17.2 Å². The van der Waals surface area contributed by atoms with Crippen molar-refractivity contribution in [3.8, 4) is 0 Å². The average molecular weight is 376 g/mol. The fourth-order valence-electron chi connectivity index (χ4n) is 2.49. The van der Waals surface area contributed by atoms with Gasteiger partial charge >= 0.3 is 11.8 Å². The number of nitro groups is 1. The first-order valence-corrected chi connectivity index (χ1v) is 8.42. The minimum atomic E-state index is -0.922. The normalized spacial score (nSPS) is 10.3. The van der Waals surface area contributed by atoms with Crippen LogP contribution in [-0.4, -0.2) is 16.7 Å². The quantitative estimate of drug-likeness (QED) is 0.469. The van der Waals surface area contributed by atoms with Crippen molar-refractivity contribution in [3.63, 3.8) is 0 Å². The van der Waals surface area contributed by atoms with Crippen LogP contribution in [0, 0.1) is 10.1 Å². The number of anilines is 2. The average Bonchev–Trinajstić information content (AvgIpc) is 2.63. The molecule has 0 bridgehead atoms. The zero-order valence-electron chi connectivity index (χ0n) is 14.3. The number of hydrogen-bond donors (Lipinski definition) is 2. The van der Waals surface area contributed by atoms with E-state index in [1.54, 1.807) is 0 Å². The van der Waals surface area contributed by atoms with Crippen LogP contribution in [0.3, 0.4) is 0 Å². The van der Waals surface area contributed by atoms with Crippen LogP contribution in [0.2, 0.25) is 5.02 Å². The molecule has 0 saturated carbocycles. The van der Waals surface area contributed by atoms with Crippen molar-refractivity contribution in [2.24, 2.45) is 0 Å². The molecule has 0 aliphatic carbocycles. The van der Waals surface area contributed by atoms with Gasteiger partial charge in [-0.2, -0.15) is 0 Å². The number of amides is 2. The van der Waals surface area contributed by atoms with Crippen LogP contribution >= 0.6 is 11.6 Å². The highest BCUT2D eigenvalue weighted by Gasteiger charge is 2.19. The second-order valence-electron chi connectivity index (χ2n) is 5.49. The Morgan fingerprint density at radius 1 is 1.04 bits per heavy atom. The van der Waals surface area contributed by atoms with Gasteiger partial charge in [0.1, 0.15) is 5.02 Å². The number of hydrogen-bond acceptors (Lipinski definition) is 4. The van der Waals surface area contributed by atoms with Crippen molar-refractivity contribution in [3.05, 3.63) is 62.7 Å². The van der Waals surface area contributed by atoms with Gasteiger partial charge in [-0.25, -0.2) is 0 Å². The lowest BCUT2D eigenvalue weighted by Gasteiger charge is -2.14. The summed E-state index contributed by atoms with van der Waals surface area (Å²) < 4.78 is 0. The third-order valence-electron chi connectivity index (χ3n) is 3.84. The van der Waals surface area contributed by atoms with E-state index in [0.29, 0.717) is 18.5 Å². The fourth-order valence-corrected chi connectivity index (χ4v) is 2.68. The van der Waals surface area contributed by atoms with Gasteiger partial charge in [-0.05, 0) is 36.1 Å². The lowest BCUT2D eigenvalue weighted by atomic mass is 10.0. The first kappa shape index (κ1) is 19.4. The first-order chi connectivity index (χ1) is 12.4. The highest BCUT2D eigenvalue weighted by atomic mass is 35.5. The maximum Gasteiger partial charge on any atom is 0.314 e. The standard InChI is InChI=1S/C18H18ClN3O4/c1-3-11-6-5-7-12(4-2)16(11)21-18(24)17(23)20-13-8-9-14(19)15(10-13)22(25)26/h5-10H,3-4H2,1-2H3,(H,20,23)(H,21,24). The molecule has 0 aromatic heterocycles. The maximum absolute atomic E-state index is 12.3. The molecule has 0 atom stereocenters. The molecule has 2 aromatic rings. The number of benzene rings is 2. The van der Waals surface area contributed by atoms with Crippen molar-refractivity contribution in [1.82, 2.24) is 0 Å². The molecule has 0 radical (unpaired) electrons. The van der Waals surface area contributed by atoms with Crippen LogP contribution in [0.5, 0.6) is 0 Å². The summed E-state index contributed by atoms with van der Waals surface area (Å²) in [7, 11) is 0. The number of rotatable bonds is 5. The third kappa shape index (κ3) is 4.37. The molecule has 0 aliphatic heterocycles. The van der Waals surface area contributed by atoms with Gasteiger partial charge in [-0.1, -0.05) is 43.6 Å². The molecule has 136 valence electrons. The Bertz CT molecular complexity index is 845. The van der Waals surface area contributed by atoms with Gasteiger partial charge in [-0.15, -0.1) is 0 Å². The van der Waals surface area contributed by atoms with Crippen LogP contribution in [0.1, 0.15) is 25.0 Å². The Balaban J connectivity index is 2.18. The van der Waals surface area contributed by atoms with Crippen molar-refractivity contribution in [1.29, 1.82) is 0 Å². The summed E-state index contributed by atoms with van der Waals surface area (Å²) in [6.07, 6.45) is 1.41. The number of para-hydroxylation sites is 1. The Morgan fingerprint density at radius 3 is 2.15 bits per heavy atom. The third-order valence-corrected chi connectivity index (χ3v) is 4.16. The van der Waals surface area contributed by atoms with Crippen LogP contribution < -0.4 is 10.6 Å². The number of nitrogens with one attached hydrogen (secondary N) is 2. The van der Waals surface area contributed by atoms with E-state index in [1.807, 2.05) is 32.0 Å². The predicted octanol–water partition coefficient (Wildman–Crippen LogP) is 3.95. The largest absolute Gasteiger partial charge is 0.318 e. The van der Waals surface area contributed by atoms with Gasteiger partial charge in [0.05, 0.1) is 4.92 Å². The number of carbonyl (C=O) groups excluding carboxylic acids is 2. The van der Waals surface area contributed by atoms with Gasteiger partial charge in [-0.3, -0.25) is 19.7 Å². The van der Waals surface area contributed by atoms with E-state index in [9.17, 15) is 19.7 Å². The van der Waals surface area contributed by atoms with Crippen molar-refractivity contribution in [2.75, 3.05) is 10.6 Å². The van der Waals surface area contributed by atoms with E-state index >= 15 is 0 Å². The molecule has 26 heavy (non-hydrogen) atoms. The van der Waals surface area contributed by atoms with Crippen LogP contribution in [0.15, 0.2) is 36.4 Å². The molecule has 2 amide bonds. The summed E-state index contributed by atoms with van der Waals surface area (Å²) >= 11 is 5.73. The highest BCUT2D eigenvalue weighted by Crippen LogP contribution is 2.27. The van der Waals surface area contributed by atoms with E-state index in [2.05, 4.69) is 10.6 Å². The van der Waals surface area contributed by atoms with Gasteiger partial charge < -0.3 is 10.6 Å². The van der Waals surface area contributed by atoms with Crippen LogP contribution in [0.25, 0.3) is 0 Å². The molecule has 0 spiro atoms.